The van der Waals surface area contributed by atoms with Crippen LogP contribution in [0.25, 0.3) is 0 Å². The van der Waals surface area contributed by atoms with Gasteiger partial charge in [-0.05, 0) is 56.9 Å². The van der Waals surface area contributed by atoms with Crippen LogP contribution in [0, 0.1) is 0 Å². The van der Waals surface area contributed by atoms with E-state index >= 15 is 0 Å². The van der Waals surface area contributed by atoms with Gasteiger partial charge in [-0.3, -0.25) is 9.59 Å². The lowest BCUT2D eigenvalue weighted by molar-refractivity contribution is -0.152. The van der Waals surface area contributed by atoms with Crippen LogP contribution in [0.5, 0.6) is 0 Å². The van der Waals surface area contributed by atoms with E-state index in [4.69, 9.17) is 4.74 Å². The maximum atomic E-state index is 11.8. The highest BCUT2D eigenvalue weighted by atomic mass is 79.9. The van der Waals surface area contributed by atoms with E-state index in [-0.39, 0.29) is 11.8 Å². The zero-order chi connectivity index (χ0) is 14.5. The number of carbonyl (C=O) groups excluding carboxylic acids is 2. The molecule has 0 N–H and O–H groups in total. The summed E-state index contributed by atoms with van der Waals surface area (Å²) in [7, 11) is 0. The number of Topliss-reactive ketones (excluding diaryl/α,β-unsaturated/α-hetero) is 1. The van der Waals surface area contributed by atoms with E-state index in [2.05, 4.69) is 38.8 Å². The molecule has 0 amide bonds. The van der Waals surface area contributed by atoms with Crippen LogP contribution in [0.4, 0.5) is 0 Å². The smallest absolute Gasteiger partial charge is 0.306 e. The number of esters is 1. The van der Waals surface area contributed by atoms with E-state index in [0.29, 0.717) is 21.8 Å². The topological polar surface area (TPSA) is 43.4 Å². The maximum Gasteiger partial charge on any atom is 0.306 e. The minimum atomic E-state index is -0.825. The fourth-order valence-corrected chi connectivity index (χ4v) is 3.30. The first-order chi connectivity index (χ1) is 8.94. The quantitative estimate of drug-likeness (QED) is 0.496. The van der Waals surface area contributed by atoms with Gasteiger partial charge in [0.1, 0.15) is 0 Å². The van der Waals surface area contributed by atoms with Crippen molar-refractivity contribution in [2.45, 2.75) is 51.6 Å². The lowest BCUT2D eigenvalue weighted by Crippen LogP contribution is -2.33. The third kappa shape index (κ3) is 4.56. The summed E-state index contributed by atoms with van der Waals surface area (Å²) < 4.78 is 6.40. The largest absolute Gasteiger partial charge is 0.450 e. The summed E-state index contributed by atoms with van der Waals surface area (Å²) in [6.07, 6.45) is 7.26. The second kappa shape index (κ2) is 7.39. The van der Waals surface area contributed by atoms with Gasteiger partial charge < -0.3 is 4.74 Å². The molecule has 0 fully saturated rings. The Morgan fingerprint density at radius 1 is 1.21 bits per heavy atom. The van der Waals surface area contributed by atoms with Gasteiger partial charge in [0.25, 0.3) is 0 Å². The van der Waals surface area contributed by atoms with E-state index in [0.717, 1.165) is 19.3 Å². The Kier molecular flexibility index (Phi) is 6.47. The molecule has 0 bridgehead atoms. The number of ether oxygens (including phenoxy) is 1. The van der Waals surface area contributed by atoms with Crippen molar-refractivity contribution in [3.05, 3.63) is 21.1 Å². The van der Waals surface area contributed by atoms with Crippen molar-refractivity contribution in [3.8, 4) is 0 Å². The van der Waals surface area contributed by atoms with Crippen LogP contribution in [0.15, 0.2) is 21.1 Å². The highest BCUT2D eigenvalue weighted by Gasteiger charge is 2.34. The molecule has 19 heavy (non-hydrogen) atoms. The summed E-state index contributed by atoms with van der Waals surface area (Å²) in [5.74, 6) is -0.358. The molecule has 106 valence electrons. The minimum Gasteiger partial charge on any atom is -0.450 e. The molecule has 0 heterocycles. The average Bonchev–Trinajstić information content (AvgIpc) is 2.36. The summed E-state index contributed by atoms with van der Waals surface area (Å²) in [5.41, 5.74) is -0.825. The number of ketones is 1. The zero-order valence-corrected chi connectivity index (χ0v) is 14.3. The summed E-state index contributed by atoms with van der Waals surface area (Å²) in [6.45, 7) is 4.01. The normalized spacial score (nSPS) is 17.8. The molecule has 0 aromatic rings. The van der Waals surface area contributed by atoms with E-state index in [1.165, 1.54) is 0 Å². The van der Waals surface area contributed by atoms with Gasteiger partial charge in [0.05, 0.1) is 8.96 Å². The van der Waals surface area contributed by atoms with Gasteiger partial charge in [-0.25, -0.2) is 0 Å². The molecule has 3 nitrogen and oxygen atoms in total. The molecule has 5 heteroatoms. The second-order valence-corrected chi connectivity index (χ2v) is 6.26. The number of halogens is 2. The van der Waals surface area contributed by atoms with E-state index < -0.39 is 5.60 Å². The monoisotopic (exact) mass is 392 g/mol. The number of allylic oxidation sites excluding steroid dienone is 2. The summed E-state index contributed by atoms with van der Waals surface area (Å²) in [4.78, 5) is 23.5. The van der Waals surface area contributed by atoms with E-state index in [9.17, 15) is 9.59 Å². The number of carbonyl (C=O) groups is 2. The number of rotatable bonds is 6. The predicted molar refractivity (Wildman–Crippen MR) is 82.3 cm³/mol. The van der Waals surface area contributed by atoms with Crippen LogP contribution in [0.1, 0.15) is 46.0 Å². The molecular weight excluding hydrogens is 376 g/mol. The fourth-order valence-electron chi connectivity index (χ4n) is 1.83. The second-order valence-electron chi connectivity index (χ2n) is 4.55. The van der Waals surface area contributed by atoms with Gasteiger partial charge in [0.2, 0.25) is 5.78 Å². The Labute approximate surface area is 130 Å². The third-order valence-corrected chi connectivity index (χ3v) is 4.19. The molecular formula is C14H18Br2O3. The molecule has 0 atom stereocenters. The fraction of sp³-hybridized carbons (Fsp3) is 0.571. The number of unbranched alkanes of at least 4 members (excludes halogenated alkanes) is 2. The lowest BCUT2D eigenvalue weighted by atomic mass is 9.94. The minimum absolute atomic E-state index is 0.133. The summed E-state index contributed by atoms with van der Waals surface area (Å²) in [5, 5.41) is 0. The van der Waals surface area contributed by atoms with Gasteiger partial charge >= 0.3 is 5.97 Å². The Morgan fingerprint density at radius 3 is 2.26 bits per heavy atom. The standard InChI is InChI=1S/C14H18Br2O3/c1-3-5-6-7-12(17)19-14(4-2)8-10(15)13(18)11(16)9-14/h8-9H,3-7H2,1-2H3. The van der Waals surface area contributed by atoms with Gasteiger partial charge in [0.15, 0.2) is 5.60 Å². The van der Waals surface area contributed by atoms with Crippen molar-refractivity contribution in [3.63, 3.8) is 0 Å². The number of hydrogen-bond acceptors (Lipinski definition) is 3. The van der Waals surface area contributed by atoms with Crippen molar-refractivity contribution in [1.82, 2.24) is 0 Å². The van der Waals surface area contributed by atoms with Gasteiger partial charge in [-0.1, -0.05) is 26.7 Å². The zero-order valence-electron chi connectivity index (χ0n) is 11.2. The molecule has 0 spiro atoms. The molecule has 1 aliphatic rings. The van der Waals surface area contributed by atoms with Crippen LogP contribution in [-0.4, -0.2) is 17.4 Å². The van der Waals surface area contributed by atoms with E-state index in [1.807, 2.05) is 6.92 Å². The van der Waals surface area contributed by atoms with Crippen molar-refractivity contribution >= 4 is 43.6 Å². The molecule has 0 aromatic carbocycles. The van der Waals surface area contributed by atoms with Crippen molar-refractivity contribution < 1.29 is 14.3 Å². The average molecular weight is 394 g/mol. The molecule has 1 aliphatic carbocycles. The van der Waals surface area contributed by atoms with E-state index in [1.54, 1.807) is 12.2 Å². The molecule has 0 unspecified atom stereocenters. The van der Waals surface area contributed by atoms with Crippen LogP contribution < -0.4 is 0 Å². The van der Waals surface area contributed by atoms with Crippen molar-refractivity contribution in [2.75, 3.05) is 0 Å². The first-order valence-corrected chi connectivity index (χ1v) is 8.06. The Morgan fingerprint density at radius 2 is 1.79 bits per heavy atom. The lowest BCUT2D eigenvalue weighted by Gasteiger charge is -2.29. The highest BCUT2D eigenvalue weighted by molar-refractivity contribution is 9.13. The van der Waals surface area contributed by atoms with Gasteiger partial charge in [-0.2, -0.15) is 0 Å². The summed E-state index contributed by atoms with van der Waals surface area (Å²) in [6, 6.07) is 0. The predicted octanol–water partition coefficient (Wildman–Crippen LogP) is 4.40. The number of hydrogen-bond donors (Lipinski definition) is 0. The molecule has 1 rings (SSSR count). The van der Waals surface area contributed by atoms with Crippen LogP contribution in [-0.2, 0) is 14.3 Å². The van der Waals surface area contributed by atoms with Crippen molar-refractivity contribution in [2.24, 2.45) is 0 Å². The van der Waals surface area contributed by atoms with Crippen LogP contribution >= 0.6 is 31.9 Å². The highest BCUT2D eigenvalue weighted by Crippen LogP contribution is 2.34. The molecule has 0 saturated heterocycles. The van der Waals surface area contributed by atoms with Gasteiger partial charge in [0, 0.05) is 6.42 Å². The van der Waals surface area contributed by atoms with Crippen LogP contribution in [0.2, 0.25) is 0 Å². The van der Waals surface area contributed by atoms with Crippen LogP contribution in [0.3, 0.4) is 0 Å². The Bertz CT molecular complexity index is 402. The van der Waals surface area contributed by atoms with Crippen molar-refractivity contribution in [1.29, 1.82) is 0 Å². The Balaban J connectivity index is 2.77. The molecule has 0 aromatic heterocycles. The maximum absolute atomic E-state index is 11.8. The molecule has 0 saturated carbocycles. The first kappa shape index (κ1) is 16.6. The molecule has 0 radical (unpaired) electrons. The van der Waals surface area contributed by atoms with Gasteiger partial charge in [-0.15, -0.1) is 0 Å². The SMILES string of the molecule is CCCCCC(=O)OC1(CC)C=C(Br)C(=O)C(Br)=C1. The third-order valence-electron chi connectivity index (χ3n) is 3.02. The molecule has 0 aliphatic heterocycles. The first-order valence-electron chi connectivity index (χ1n) is 6.47. The summed E-state index contributed by atoms with van der Waals surface area (Å²) >= 11 is 6.43. The Hall–Kier alpha value is -0.420.